The van der Waals surface area contributed by atoms with Crippen LogP contribution in [0.25, 0.3) is 67.3 Å². The molecule has 14 rings (SSSR count). The molecule has 87 heavy (non-hydrogen) atoms. The van der Waals surface area contributed by atoms with Crippen molar-refractivity contribution < 1.29 is 0 Å². The maximum atomic E-state index is 5.36. The molecule has 0 amide bonds. The number of rotatable bonds is 16. The molecule has 0 aliphatic rings. The summed E-state index contributed by atoms with van der Waals surface area (Å²) in [4.78, 5) is 25.7. The Hall–Kier alpha value is -11.4. The van der Waals surface area contributed by atoms with Gasteiger partial charge >= 0.3 is 0 Å². The van der Waals surface area contributed by atoms with Crippen LogP contribution in [0.4, 0.5) is 34.6 Å². The summed E-state index contributed by atoms with van der Waals surface area (Å²) in [5, 5.41) is 5.23. The van der Waals surface area contributed by atoms with Gasteiger partial charge in [-0.25, -0.2) is 24.8 Å². The quantitative estimate of drug-likeness (QED) is 0.0710. The maximum absolute atomic E-state index is 5.36. The summed E-state index contributed by atoms with van der Waals surface area (Å²) in [7, 11) is -2.90. The van der Waals surface area contributed by atoms with Crippen LogP contribution in [-0.4, -0.2) is 28.0 Å². The highest BCUT2D eigenvalue weighted by Gasteiger charge is 2.41. The van der Waals surface area contributed by atoms with Gasteiger partial charge in [-0.15, -0.1) is 0 Å². The standard InChI is InChI=1S/C80H58N6Si/c1-9-25-63(26-10-1)75-57-76(64-27-11-2-12-28-64)82-79(81-75)86(80-83-77(65-29-13-3-14-30-65)58-78(84-80)66-31-15-4-16-32-66)70-51-43-60(44-52-70)62-47-55-74(56-48-62)87(71-37-21-7-22-38-71,72-39-23-8-24-40-72)73-53-45-61(46-54-73)59-41-49-69(50-42-59)85(67-33-17-5-18-34-67)68-35-19-6-20-36-68/h1-58H. The molecule has 14 aromatic rings. The number of hydrogen-bond acceptors (Lipinski definition) is 6. The SMILES string of the molecule is c1ccc(-c2cc(-c3ccccc3)nc(N(c3ccc(-c4ccc([Si](c5ccccc5)(c5ccccc5)c5ccc(-c6ccc(N(c7ccccc7)c7ccccc7)cc6)cc5)cc4)cc3)c3nc(-c4ccccc4)cc(-c4ccccc4)n3)n2)cc1. The van der Waals surface area contributed by atoms with E-state index in [2.05, 4.69) is 284 Å². The van der Waals surface area contributed by atoms with E-state index < -0.39 is 8.07 Å². The first-order chi connectivity index (χ1) is 43.1. The van der Waals surface area contributed by atoms with E-state index in [-0.39, 0.29) is 0 Å². The van der Waals surface area contributed by atoms with Crippen LogP contribution in [0.2, 0.25) is 0 Å². The molecule has 0 saturated carbocycles. The molecule has 12 aromatic carbocycles. The maximum Gasteiger partial charge on any atom is 0.238 e. The largest absolute Gasteiger partial charge is 0.311 e. The Bertz CT molecular complexity index is 4230. The molecule has 6 nitrogen and oxygen atoms in total. The fourth-order valence-electron chi connectivity index (χ4n) is 11.8. The lowest BCUT2D eigenvalue weighted by molar-refractivity contribution is 1.02. The number of benzene rings is 12. The van der Waals surface area contributed by atoms with Crippen LogP contribution in [0.3, 0.4) is 0 Å². The number of hydrogen-bond donors (Lipinski definition) is 0. The molecule has 7 heteroatoms. The topological polar surface area (TPSA) is 58.0 Å². The van der Waals surface area contributed by atoms with E-state index in [1.807, 2.05) is 77.7 Å². The Labute approximate surface area is 509 Å². The van der Waals surface area contributed by atoms with Crippen LogP contribution in [-0.2, 0) is 0 Å². The third-order valence-electron chi connectivity index (χ3n) is 16.1. The van der Waals surface area contributed by atoms with Crippen molar-refractivity contribution in [2.75, 3.05) is 9.80 Å². The van der Waals surface area contributed by atoms with Gasteiger partial charge in [0.25, 0.3) is 0 Å². The third-order valence-corrected chi connectivity index (χ3v) is 20.9. The van der Waals surface area contributed by atoms with Crippen LogP contribution in [0.1, 0.15) is 0 Å². The zero-order valence-corrected chi connectivity index (χ0v) is 48.7. The van der Waals surface area contributed by atoms with Gasteiger partial charge < -0.3 is 4.90 Å². The summed E-state index contributed by atoms with van der Waals surface area (Å²) in [6.45, 7) is 0. The van der Waals surface area contributed by atoms with Gasteiger partial charge in [-0.05, 0) is 104 Å². The Morgan fingerprint density at radius 1 is 0.184 bits per heavy atom. The van der Waals surface area contributed by atoms with Crippen LogP contribution in [0, 0.1) is 0 Å². The van der Waals surface area contributed by atoms with Gasteiger partial charge in [-0.1, -0.05) is 291 Å². The predicted molar refractivity (Wildman–Crippen MR) is 363 cm³/mol. The zero-order valence-electron chi connectivity index (χ0n) is 47.7. The second-order valence-electron chi connectivity index (χ2n) is 21.4. The van der Waals surface area contributed by atoms with Crippen molar-refractivity contribution in [1.82, 2.24) is 19.9 Å². The van der Waals surface area contributed by atoms with E-state index in [4.69, 9.17) is 19.9 Å². The van der Waals surface area contributed by atoms with Crippen LogP contribution < -0.4 is 30.5 Å². The number of para-hydroxylation sites is 2. The summed E-state index contributed by atoms with van der Waals surface area (Å²) in [6, 6.07) is 125. The van der Waals surface area contributed by atoms with E-state index >= 15 is 0 Å². The van der Waals surface area contributed by atoms with Gasteiger partial charge in [0, 0.05) is 39.3 Å². The molecule has 0 fully saturated rings. The summed E-state index contributed by atoms with van der Waals surface area (Å²) < 4.78 is 0. The van der Waals surface area contributed by atoms with Crippen LogP contribution in [0.15, 0.2) is 352 Å². The van der Waals surface area contributed by atoms with Crippen LogP contribution in [0.5, 0.6) is 0 Å². The van der Waals surface area contributed by atoms with Crippen molar-refractivity contribution >= 4 is 63.5 Å². The lowest BCUT2D eigenvalue weighted by Crippen LogP contribution is -2.74. The van der Waals surface area contributed by atoms with Gasteiger partial charge in [0.2, 0.25) is 11.9 Å². The first kappa shape index (κ1) is 53.6. The molecule has 0 saturated heterocycles. The molecule has 2 heterocycles. The molecule has 0 radical (unpaired) electrons. The van der Waals surface area contributed by atoms with Crippen LogP contribution >= 0.6 is 0 Å². The fraction of sp³-hybridized carbons (Fsp3) is 0. The van der Waals surface area contributed by atoms with Crippen molar-refractivity contribution in [3.63, 3.8) is 0 Å². The average molecular weight is 1130 g/mol. The normalized spacial score (nSPS) is 11.2. The number of anilines is 6. The van der Waals surface area contributed by atoms with Gasteiger partial charge in [-0.2, -0.15) is 0 Å². The van der Waals surface area contributed by atoms with Gasteiger partial charge in [-0.3, -0.25) is 0 Å². The number of aromatic nitrogens is 4. The van der Waals surface area contributed by atoms with Gasteiger partial charge in [0.15, 0.2) is 8.07 Å². The summed E-state index contributed by atoms with van der Waals surface area (Å²) in [5.41, 5.74) is 15.6. The minimum absolute atomic E-state index is 0.444. The molecule has 0 bridgehead atoms. The average Bonchev–Trinajstić information content (AvgIpc) is 3.41. The lowest BCUT2D eigenvalue weighted by Gasteiger charge is -2.34. The van der Waals surface area contributed by atoms with E-state index in [9.17, 15) is 0 Å². The Morgan fingerprint density at radius 2 is 0.402 bits per heavy atom. The second kappa shape index (κ2) is 24.4. The molecule has 0 unspecified atom stereocenters. The minimum atomic E-state index is -2.90. The molecule has 0 aliphatic carbocycles. The van der Waals surface area contributed by atoms with Crippen molar-refractivity contribution in [1.29, 1.82) is 0 Å². The number of nitrogens with zero attached hydrogens (tertiary/aromatic N) is 6. The monoisotopic (exact) mass is 1130 g/mol. The summed E-state index contributed by atoms with van der Waals surface area (Å²) in [5.74, 6) is 0.888. The summed E-state index contributed by atoms with van der Waals surface area (Å²) in [6.07, 6.45) is 0. The van der Waals surface area contributed by atoms with Crippen molar-refractivity contribution in [2.45, 2.75) is 0 Å². The smallest absolute Gasteiger partial charge is 0.238 e. The Balaban J connectivity index is 0.852. The first-order valence-electron chi connectivity index (χ1n) is 29.4. The lowest BCUT2D eigenvalue weighted by atomic mass is 10.0. The van der Waals surface area contributed by atoms with E-state index in [1.54, 1.807) is 0 Å². The molecule has 0 aliphatic heterocycles. The second-order valence-corrected chi connectivity index (χ2v) is 25.2. The molecule has 2 aromatic heterocycles. The first-order valence-corrected chi connectivity index (χ1v) is 31.4. The highest BCUT2D eigenvalue weighted by atomic mass is 28.3. The van der Waals surface area contributed by atoms with Gasteiger partial charge in [0.05, 0.1) is 28.5 Å². The van der Waals surface area contributed by atoms with Crippen molar-refractivity contribution in [3.8, 4) is 67.3 Å². The highest BCUT2D eigenvalue weighted by Crippen LogP contribution is 2.39. The van der Waals surface area contributed by atoms with Gasteiger partial charge in [0.1, 0.15) is 0 Å². The predicted octanol–water partition coefficient (Wildman–Crippen LogP) is 17.6. The molecule has 0 N–H and O–H groups in total. The minimum Gasteiger partial charge on any atom is -0.311 e. The van der Waals surface area contributed by atoms with E-state index in [0.29, 0.717) is 11.9 Å². The Kier molecular flexibility index (Phi) is 15.1. The fourth-order valence-corrected chi connectivity index (χ4v) is 16.5. The Morgan fingerprint density at radius 3 is 0.690 bits per heavy atom. The zero-order chi connectivity index (χ0) is 58.2. The molecular weight excluding hydrogens is 1070 g/mol. The molecule has 0 atom stereocenters. The molecule has 412 valence electrons. The van der Waals surface area contributed by atoms with E-state index in [1.165, 1.54) is 20.7 Å². The van der Waals surface area contributed by atoms with Crippen molar-refractivity contribution in [2.24, 2.45) is 0 Å². The summed E-state index contributed by atoms with van der Waals surface area (Å²) >= 11 is 0. The molecular formula is C80H58N6Si. The molecule has 0 spiro atoms. The highest BCUT2D eigenvalue weighted by molar-refractivity contribution is 7.19. The van der Waals surface area contributed by atoms with E-state index in [0.717, 1.165) is 90.0 Å². The van der Waals surface area contributed by atoms with Crippen molar-refractivity contribution in [3.05, 3.63) is 352 Å². The third kappa shape index (κ3) is 11.1.